The van der Waals surface area contributed by atoms with Crippen LogP contribution in [0.25, 0.3) is 0 Å². The van der Waals surface area contributed by atoms with Crippen LogP contribution in [0.4, 0.5) is 0 Å². The van der Waals surface area contributed by atoms with E-state index in [-0.39, 0.29) is 25.0 Å². The zero-order valence-electron chi connectivity index (χ0n) is 15.7. The molecule has 4 aliphatic carbocycles. The van der Waals surface area contributed by atoms with Gasteiger partial charge in [0.2, 0.25) is 0 Å². The van der Waals surface area contributed by atoms with Gasteiger partial charge in [-0.15, -0.1) is 0 Å². The second-order valence-corrected chi connectivity index (χ2v) is 12.6. The Morgan fingerprint density at radius 2 is 1.78 bits per heavy atom. The molecule has 0 aliphatic heterocycles. The average molecular weight is 467 g/mol. The van der Waals surface area contributed by atoms with Gasteiger partial charge in [-0.3, -0.25) is 14.1 Å². The van der Waals surface area contributed by atoms with Crippen molar-refractivity contribution in [2.45, 2.75) is 68.7 Å². The summed E-state index contributed by atoms with van der Waals surface area (Å²) in [6, 6.07) is 0. The van der Waals surface area contributed by atoms with Gasteiger partial charge in [0.25, 0.3) is 10.1 Å². The predicted molar refractivity (Wildman–Crippen MR) is 101 cm³/mol. The molecule has 2 unspecified atom stereocenters. The van der Waals surface area contributed by atoms with Crippen molar-refractivity contribution >= 4 is 38.0 Å². The SMILES string of the molecule is CC(C)(Br)C(=O)OC12CC3CC(C1)CC(C(=O)OCCCS(=O)(=O)O)(C3)C2. The predicted octanol–water partition coefficient (Wildman–Crippen LogP) is 2.86. The van der Waals surface area contributed by atoms with Crippen LogP contribution in [-0.2, 0) is 29.2 Å². The summed E-state index contributed by atoms with van der Waals surface area (Å²) in [5.74, 6) is -0.405. The largest absolute Gasteiger partial charge is 0.465 e. The molecule has 154 valence electrons. The Morgan fingerprint density at radius 3 is 2.30 bits per heavy atom. The third-order valence-electron chi connectivity index (χ3n) is 6.01. The molecule has 4 saturated carbocycles. The van der Waals surface area contributed by atoms with Crippen LogP contribution >= 0.6 is 15.9 Å². The number of hydrogen-bond donors (Lipinski definition) is 1. The van der Waals surface area contributed by atoms with Gasteiger partial charge in [0.1, 0.15) is 9.93 Å². The fourth-order valence-corrected chi connectivity index (χ4v) is 5.98. The maximum atomic E-state index is 12.9. The number of hydrogen-bond acceptors (Lipinski definition) is 6. The molecule has 0 aromatic rings. The van der Waals surface area contributed by atoms with Crippen LogP contribution in [0, 0.1) is 17.3 Å². The molecule has 4 rings (SSSR count). The summed E-state index contributed by atoms with van der Waals surface area (Å²) in [5.41, 5.74) is -1.27. The van der Waals surface area contributed by atoms with E-state index in [4.69, 9.17) is 14.0 Å². The third-order valence-corrected chi connectivity index (χ3v) is 7.14. The van der Waals surface area contributed by atoms with E-state index in [9.17, 15) is 18.0 Å². The highest BCUT2D eigenvalue weighted by molar-refractivity contribution is 9.10. The first-order valence-electron chi connectivity index (χ1n) is 9.37. The molecule has 4 aliphatic rings. The first-order chi connectivity index (χ1) is 12.3. The minimum atomic E-state index is -4.06. The Morgan fingerprint density at radius 1 is 1.19 bits per heavy atom. The van der Waals surface area contributed by atoms with Gasteiger partial charge < -0.3 is 9.47 Å². The molecule has 0 amide bonds. The second kappa shape index (κ2) is 6.99. The van der Waals surface area contributed by atoms with E-state index < -0.39 is 31.2 Å². The molecule has 7 nitrogen and oxygen atoms in total. The number of esters is 2. The number of halogens is 1. The Labute approximate surface area is 168 Å². The zero-order chi connectivity index (χ0) is 20.1. The maximum Gasteiger partial charge on any atom is 0.322 e. The summed E-state index contributed by atoms with van der Waals surface area (Å²) in [4.78, 5) is 25.3. The molecule has 4 fully saturated rings. The summed E-state index contributed by atoms with van der Waals surface area (Å²) in [6.45, 7) is 3.45. The van der Waals surface area contributed by atoms with Crippen LogP contribution in [0.3, 0.4) is 0 Å². The van der Waals surface area contributed by atoms with E-state index in [1.54, 1.807) is 13.8 Å². The Kier molecular flexibility index (Phi) is 5.45. The van der Waals surface area contributed by atoms with Crippen molar-refractivity contribution in [3.05, 3.63) is 0 Å². The quantitative estimate of drug-likeness (QED) is 0.266. The standard InChI is InChI=1S/C18H27BrO7S/c1-16(2,19)14(20)26-18-9-12-6-13(10-18)8-17(7-12,11-18)15(21)25-4-3-5-27(22,23)24/h12-13H,3-11H2,1-2H3,(H,22,23,24). The highest BCUT2D eigenvalue weighted by Gasteiger charge is 2.63. The van der Waals surface area contributed by atoms with Crippen molar-refractivity contribution in [3.8, 4) is 0 Å². The molecule has 2 atom stereocenters. The number of rotatable bonds is 7. The van der Waals surface area contributed by atoms with E-state index in [1.807, 2.05) is 0 Å². The van der Waals surface area contributed by atoms with Crippen molar-refractivity contribution in [2.75, 3.05) is 12.4 Å². The number of carbonyl (C=O) groups excluding carboxylic acids is 2. The van der Waals surface area contributed by atoms with Crippen molar-refractivity contribution < 1.29 is 32.0 Å². The van der Waals surface area contributed by atoms with Crippen LogP contribution in [0.5, 0.6) is 0 Å². The average Bonchev–Trinajstić information content (AvgIpc) is 2.47. The molecule has 0 radical (unpaired) electrons. The van der Waals surface area contributed by atoms with Gasteiger partial charge in [-0.1, -0.05) is 15.9 Å². The van der Waals surface area contributed by atoms with Crippen molar-refractivity contribution in [1.82, 2.24) is 0 Å². The Balaban J connectivity index is 1.69. The molecule has 0 saturated heterocycles. The Hall–Kier alpha value is -0.670. The molecule has 0 spiro atoms. The highest BCUT2D eigenvalue weighted by atomic mass is 79.9. The monoisotopic (exact) mass is 466 g/mol. The van der Waals surface area contributed by atoms with Crippen molar-refractivity contribution in [2.24, 2.45) is 17.3 Å². The molecule has 0 aromatic heterocycles. The normalized spacial score (nSPS) is 35.1. The summed E-state index contributed by atoms with van der Waals surface area (Å²) in [7, 11) is -4.06. The van der Waals surface area contributed by atoms with Gasteiger partial charge in [-0.05, 0) is 64.2 Å². The summed E-state index contributed by atoms with van der Waals surface area (Å²) < 4.78 is 40.9. The maximum absolute atomic E-state index is 12.9. The molecule has 4 bridgehead atoms. The van der Waals surface area contributed by atoms with Gasteiger partial charge in [0.05, 0.1) is 17.8 Å². The Bertz CT molecular complexity index is 710. The summed E-state index contributed by atoms with van der Waals surface area (Å²) in [6.07, 6.45) is 4.63. The van der Waals surface area contributed by atoms with Crippen LogP contribution in [0.2, 0.25) is 0 Å². The van der Waals surface area contributed by atoms with Crippen LogP contribution in [0.15, 0.2) is 0 Å². The van der Waals surface area contributed by atoms with E-state index >= 15 is 0 Å². The van der Waals surface area contributed by atoms with E-state index in [1.165, 1.54) is 0 Å². The number of ether oxygens (including phenoxy) is 2. The van der Waals surface area contributed by atoms with E-state index in [2.05, 4.69) is 15.9 Å². The minimum absolute atomic E-state index is 0.0447. The lowest BCUT2D eigenvalue weighted by atomic mass is 9.48. The molecular weight excluding hydrogens is 440 g/mol. The topological polar surface area (TPSA) is 107 Å². The fraction of sp³-hybridized carbons (Fsp3) is 0.889. The molecule has 1 N–H and O–H groups in total. The van der Waals surface area contributed by atoms with Crippen molar-refractivity contribution in [1.29, 1.82) is 0 Å². The van der Waals surface area contributed by atoms with Crippen LogP contribution in [0.1, 0.15) is 58.8 Å². The summed E-state index contributed by atoms with van der Waals surface area (Å²) >= 11 is 3.35. The van der Waals surface area contributed by atoms with Gasteiger partial charge in [-0.25, -0.2) is 0 Å². The van der Waals surface area contributed by atoms with Gasteiger partial charge in [0, 0.05) is 6.42 Å². The lowest BCUT2D eigenvalue weighted by Crippen LogP contribution is -2.60. The lowest BCUT2D eigenvalue weighted by Gasteiger charge is -2.60. The second-order valence-electron chi connectivity index (χ2n) is 9.06. The molecule has 9 heteroatoms. The number of carbonyl (C=O) groups is 2. The number of alkyl halides is 1. The minimum Gasteiger partial charge on any atom is -0.465 e. The summed E-state index contributed by atoms with van der Waals surface area (Å²) in [5, 5.41) is 0. The molecule has 0 heterocycles. The fourth-order valence-electron chi connectivity index (χ4n) is 5.41. The van der Waals surface area contributed by atoms with Gasteiger partial charge in [0.15, 0.2) is 0 Å². The van der Waals surface area contributed by atoms with Crippen LogP contribution < -0.4 is 0 Å². The van der Waals surface area contributed by atoms with Crippen LogP contribution in [-0.4, -0.2) is 47.2 Å². The van der Waals surface area contributed by atoms with Gasteiger partial charge >= 0.3 is 11.9 Å². The van der Waals surface area contributed by atoms with Crippen molar-refractivity contribution in [3.63, 3.8) is 0 Å². The molecule has 27 heavy (non-hydrogen) atoms. The van der Waals surface area contributed by atoms with E-state index in [0.717, 1.165) is 32.1 Å². The smallest absolute Gasteiger partial charge is 0.322 e. The van der Waals surface area contributed by atoms with E-state index in [0.29, 0.717) is 18.3 Å². The molecule has 0 aromatic carbocycles. The molecular formula is C18H27BrO7S. The van der Waals surface area contributed by atoms with Gasteiger partial charge in [-0.2, -0.15) is 8.42 Å². The highest BCUT2D eigenvalue weighted by Crippen LogP contribution is 2.63. The first-order valence-corrected chi connectivity index (χ1v) is 11.8. The zero-order valence-corrected chi connectivity index (χ0v) is 18.1. The first kappa shape index (κ1) is 21.0. The lowest BCUT2D eigenvalue weighted by molar-refractivity contribution is -0.213. The third kappa shape index (κ3) is 4.67.